The molecule has 0 saturated carbocycles. The number of hydrogen-bond acceptors (Lipinski definition) is 7. The highest BCUT2D eigenvalue weighted by molar-refractivity contribution is 6.10. The number of anilines is 1. The van der Waals surface area contributed by atoms with Crippen LogP contribution in [0.1, 0.15) is 17.1 Å². The second kappa shape index (κ2) is 7.83. The quantitative estimate of drug-likeness (QED) is 0.509. The monoisotopic (exact) mass is 353 g/mol. The number of nitrogens with zero attached hydrogens (tertiary/aromatic N) is 6. The summed E-state index contributed by atoms with van der Waals surface area (Å²) in [5.41, 5.74) is 1.95. The van der Waals surface area contributed by atoms with Gasteiger partial charge >= 0.3 is 6.09 Å². The lowest BCUT2D eigenvalue weighted by Crippen LogP contribution is -2.13. The SMILES string of the molecule is Cn1nnnc1C(=NOCc1ncccc1NC(=O)O)c1ccccc1. The number of benzene rings is 1. The minimum Gasteiger partial charge on any atom is -0.465 e. The maximum Gasteiger partial charge on any atom is 0.409 e. The molecule has 10 heteroatoms. The predicted molar refractivity (Wildman–Crippen MR) is 91.6 cm³/mol. The van der Waals surface area contributed by atoms with Crippen molar-refractivity contribution in [1.29, 1.82) is 0 Å². The summed E-state index contributed by atoms with van der Waals surface area (Å²) < 4.78 is 1.48. The zero-order valence-corrected chi connectivity index (χ0v) is 13.8. The predicted octanol–water partition coefficient (Wildman–Crippen LogP) is 1.66. The second-order valence-electron chi connectivity index (χ2n) is 5.13. The van der Waals surface area contributed by atoms with Gasteiger partial charge in [0.1, 0.15) is 5.69 Å². The molecule has 0 unspecified atom stereocenters. The highest BCUT2D eigenvalue weighted by Gasteiger charge is 2.15. The van der Waals surface area contributed by atoms with E-state index < -0.39 is 6.09 Å². The van der Waals surface area contributed by atoms with E-state index in [9.17, 15) is 4.79 Å². The third kappa shape index (κ3) is 3.98. The van der Waals surface area contributed by atoms with E-state index in [1.54, 1.807) is 25.4 Å². The largest absolute Gasteiger partial charge is 0.465 e. The molecule has 0 aliphatic carbocycles. The van der Waals surface area contributed by atoms with E-state index in [1.165, 1.54) is 4.68 Å². The van der Waals surface area contributed by atoms with Crippen molar-refractivity contribution in [3.8, 4) is 0 Å². The zero-order valence-electron chi connectivity index (χ0n) is 13.8. The van der Waals surface area contributed by atoms with Crippen LogP contribution in [-0.4, -0.2) is 42.1 Å². The number of rotatable bonds is 6. The van der Waals surface area contributed by atoms with Crippen molar-refractivity contribution >= 4 is 17.5 Å². The molecule has 0 fully saturated rings. The number of aromatic nitrogens is 5. The molecule has 0 radical (unpaired) electrons. The van der Waals surface area contributed by atoms with Crippen LogP contribution in [0.3, 0.4) is 0 Å². The molecule has 3 rings (SSSR count). The highest BCUT2D eigenvalue weighted by atomic mass is 16.6. The van der Waals surface area contributed by atoms with Crippen LogP contribution >= 0.6 is 0 Å². The van der Waals surface area contributed by atoms with E-state index in [2.05, 4.69) is 31.0 Å². The fourth-order valence-corrected chi connectivity index (χ4v) is 2.19. The lowest BCUT2D eigenvalue weighted by atomic mass is 10.1. The summed E-state index contributed by atoms with van der Waals surface area (Å²) in [6.07, 6.45) is 0.359. The van der Waals surface area contributed by atoms with Crippen molar-refractivity contribution < 1.29 is 14.7 Å². The maximum absolute atomic E-state index is 10.8. The third-order valence-electron chi connectivity index (χ3n) is 3.37. The van der Waals surface area contributed by atoms with Crippen molar-refractivity contribution in [2.75, 3.05) is 5.32 Å². The standard InChI is InChI=1S/C16H15N7O3/c1-23-15(19-21-22-23)14(11-6-3-2-4-7-11)20-26-10-13-12(18-16(24)25)8-5-9-17-13/h2-9,18H,10H2,1H3,(H,24,25). The number of tetrazole rings is 1. The second-order valence-corrected chi connectivity index (χ2v) is 5.13. The molecule has 2 aromatic heterocycles. The number of amides is 1. The Hall–Kier alpha value is -3.82. The van der Waals surface area contributed by atoms with Crippen LogP contribution in [0.2, 0.25) is 0 Å². The lowest BCUT2D eigenvalue weighted by molar-refractivity contribution is 0.128. The van der Waals surface area contributed by atoms with Gasteiger partial charge in [-0.1, -0.05) is 35.5 Å². The van der Waals surface area contributed by atoms with Gasteiger partial charge in [-0.15, -0.1) is 5.10 Å². The van der Waals surface area contributed by atoms with Crippen LogP contribution in [-0.2, 0) is 18.5 Å². The van der Waals surface area contributed by atoms with Crippen LogP contribution in [0, 0.1) is 0 Å². The molecule has 2 heterocycles. The molecule has 0 aliphatic rings. The van der Waals surface area contributed by atoms with E-state index in [-0.39, 0.29) is 6.61 Å². The summed E-state index contributed by atoms with van der Waals surface area (Å²) in [4.78, 5) is 20.4. The summed E-state index contributed by atoms with van der Waals surface area (Å²) in [7, 11) is 1.70. The average Bonchev–Trinajstić information content (AvgIpc) is 3.06. The van der Waals surface area contributed by atoms with Gasteiger partial charge < -0.3 is 9.94 Å². The van der Waals surface area contributed by atoms with Crippen molar-refractivity contribution in [1.82, 2.24) is 25.2 Å². The van der Waals surface area contributed by atoms with Gasteiger partial charge in [0, 0.05) is 18.8 Å². The Balaban J connectivity index is 1.85. The Kier molecular flexibility index (Phi) is 5.13. The Bertz CT molecular complexity index is 924. The summed E-state index contributed by atoms with van der Waals surface area (Å²) >= 11 is 0. The molecule has 0 spiro atoms. The summed E-state index contributed by atoms with van der Waals surface area (Å²) in [5, 5.41) is 26.7. The molecular formula is C16H15N7O3. The van der Waals surface area contributed by atoms with Crippen LogP contribution in [0.4, 0.5) is 10.5 Å². The molecule has 0 bridgehead atoms. The van der Waals surface area contributed by atoms with E-state index in [0.29, 0.717) is 22.9 Å². The molecule has 1 aromatic carbocycles. The molecule has 0 aliphatic heterocycles. The first-order valence-corrected chi connectivity index (χ1v) is 7.57. The van der Waals surface area contributed by atoms with E-state index in [0.717, 1.165) is 5.56 Å². The van der Waals surface area contributed by atoms with Crippen molar-refractivity contribution in [3.63, 3.8) is 0 Å². The minimum absolute atomic E-state index is 0.0297. The van der Waals surface area contributed by atoms with Crippen LogP contribution < -0.4 is 5.32 Å². The van der Waals surface area contributed by atoms with Crippen LogP contribution in [0.25, 0.3) is 0 Å². The van der Waals surface area contributed by atoms with Crippen LogP contribution in [0.15, 0.2) is 53.8 Å². The number of aryl methyl sites for hydroxylation is 1. The molecule has 3 aromatic rings. The zero-order chi connectivity index (χ0) is 18.4. The molecule has 26 heavy (non-hydrogen) atoms. The van der Waals surface area contributed by atoms with Gasteiger partial charge in [-0.25, -0.2) is 9.48 Å². The molecule has 1 amide bonds. The van der Waals surface area contributed by atoms with Gasteiger partial charge in [-0.3, -0.25) is 10.3 Å². The van der Waals surface area contributed by atoms with Gasteiger partial charge in [-0.2, -0.15) is 0 Å². The number of carbonyl (C=O) groups is 1. The van der Waals surface area contributed by atoms with E-state index >= 15 is 0 Å². The first-order chi connectivity index (χ1) is 12.6. The Morgan fingerprint density at radius 3 is 2.77 bits per heavy atom. The van der Waals surface area contributed by atoms with Gasteiger partial charge in [-0.05, 0) is 22.6 Å². The minimum atomic E-state index is -1.18. The van der Waals surface area contributed by atoms with Gasteiger partial charge in [0.05, 0.1) is 5.69 Å². The first kappa shape index (κ1) is 17.0. The number of carboxylic acid groups (broad SMARTS) is 1. The van der Waals surface area contributed by atoms with E-state index in [1.807, 2.05) is 30.3 Å². The third-order valence-corrected chi connectivity index (χ3v) is 3.37. The van der Waals surface area contributed by atoms with Gasteiger partial charge in [0.15, 0.2) is 12.3 Å². The highest BCUT2D eigenvalue weighted by Crippen LogP contribution is 2.14. The summed E-state index contributed by atoms with van der Waals surface area (Å²) in [6.45, 7) is -0.0297. The van der Waals surface area contributed by atoms with Gasteiger partial charge in [0.25, 0.3) is 0 Å². The molecule has 132 valence electrons. The normalized spacial score (nSPS) is 11.2. The summed E-state index contributed by atoms with van der Waals surface area (Å²) in [6, 6.07) is 12.5. The topological polar surface area (TPSA) is 127 Å². The number of hydrogen-bond donors (Lipinski definition) is 2. The molecule has 10 nitrogen and oxygen atoms in total. The molecule has 2 N–H and O–H groups in total. The van der Waals surface area contributed by atoms with Crippen molar-refractivity contribution in [2.24, 2.45) is 12.2 Å². The first-order valence-electron chi connectivity index (χ1n) is 7.57. The van der Waals surface area contributed by atoms with Crippen LogP contribution in [0.5, 0.6) is 0 Å². The van der Waals surface area contributed by atoms with Crippen molar-refractivity contribution in [2.45, 2.75) is 6.61 Å². The maximum atomic E-state index is 10.8. The van der Waals surface area contributed by atoms with Gasteiger partial charge in [0.2, 0.25) is 5.82 Å². The average molecular weight is 353 g/mol. The fraction of sp³-hybridized carbons (Fsp3) is 0.125. The molecule has 0 saturated heterocycles. The number of nitrogens with one attached hydrogen (secondary N) is 1. The Morgan fingerprint density at radius 2 is 2.08 bits per heavy atom. The van der Waals surface area contributed by atoms with Crippen molar-refractivity contribution in [3.05, 3.63) is 65.7 Å². The summed E-state index contributed by atoms with van der Waals surface area (Å²) in [5.74, 6) is 0.432. The molecule has 0 atom stereocenters. The Labute approximate surface area is 148 Å². The number of oxime groups is 1. The lowest BCUT2D eigenvalue weighted by Gasteiger charge is -2.08. The number of pyridine rings is 1. The van der Waals surface area contributed by atoms with E-state index in [4.69, 9.17) is 9.94 Å². The smallest absolute Gasteiger partial charge is 0.409 e. The Morgan fingerprint density at radius 1 is 1.27 bits per heavy atom. The molecular weight excluding hydrogens is 338 g/mol. The fourth-order valence-electron chi connectivity index (χ4n) is 2.19.